The zero-order valence-electron chi connectivity index (χ0n) is 18.2. The minimum Gasteiger partial charge on any atom is -0.392 e. The van der Waals surface area contributed by atoms with Crippen molar-refractivity contribution < 1.29 is 29.3 Å². The average Bonchev–Trinajstić information content (AvgIpc) is 3.06. The van der Waals surface area contributed by atoms with Gasteiger partial charge in [0.05, 0.1) is 18.6 Å². The molecule has 0 amide bonds. The summed E-state index contributed by atoms with van der Waals surface area (Å²) < 4.78 is 15.6. The van der Waals surface area contributed by atoms with Crippen molar-refractivity contribution >= 4 is 22.9 Å². The van der Waals surface area contributed by atoms with Gasteiger partial charge in [0.15, 0.2) is 0 Å². The molecule has 2 atom stereocenters. The second-order valence-electron chi connectivity index (χ2n) is 7.96. The quantitative estimate of drug-likeness (QED) is 0.367. The third kappa shape index (κ3) is 5.82. The molecule has 2 aromatic carbocycles. The fourth-order valence-electron chi connectivity index (χ4n) is 3.88. The van der Waals surface area contributed by atoms with Crippen LogP contribution in [0.3, 0.4) is 0 Å². The summed E-state index contributed by atoms with van der Waals surface area (Å²) >= 11 is 0. The van der Waals surface area contributed by atoms with Crippen molar-refractivity contribution in [3.63, 3.8) is 0 Å². The molecule has 0 bridgehead atoms. The van der Waals surface area contributed by atoms with Gasteiger partial charge in [0.2, 0.25) is 0 Å². The van der Waals surface area contributed by atoms with Gasteiger partial charge in [-0.05, 0) is 43.7 Å². The number of hydrogen-bond acceptors (Lipinski definition) is 6. The van der Waals surface area contributed by atoms with Gasteiger partial charge in [-0.15, -0.1) is 10.1 Å². The summed E-state index contributed by atoms with van der Waals surface area (Å²) in [5.41, 5.74) is 3.45. The Morgan fingerprint density at radius 1 is 1.18 bits per heavy atom. The maximum absolute atomic E-state index is 13.5. The number of halogens is 1. The zero-order valence-corrected chi connectivity index (χ0v) is 18.2. The third-order valence-electron chi connectivity index (χ3n) is 5.17. The number of aliphatic hydroxyl groups is 2. The Balaban J connectivity index is 1.94. The molecule has 0 aliphatic rings. The van der Waals surface area contributed by atoms with Crippen LogP contribution in [0, 0.1) is 15.9 Å². The Hall–Kier alpha value is -3.56. The van der Waals surface area contributed by atoms with Gasteiger partial charge < -0.3 is 14.8 Å². The number of carbonyl (C=O) groups is 1. The van der Waals surface area contributed by atoms with Gasteiger partial charge in [0, 0.05) is 34.6 Å². The first-order chi connectivity index (χ1) is 15.7. The molecule has 1 aromatic heterocycles. The Labute approximate surface area is 189 Å². The third-order valence-corrected chi connectivity index (χ3v) is 5.17. The van der Waals surface area contributed by atoms with Crippen molar-refractivity contribution in [2.45, 2.75) is 44.9 Å². The van der Waals surface area contributed by atoms with E-state index in [9.17, 15) is 29.5 Å². The van der Waals surface area contributed by atoms with Crippen LogP contribution in [0.25, 0.3) is 28.1 Å². The number of fused-ring (bicyclic) bond motifs is 1. The number of aliphatic hydroxyl groups excluding tert-OH is 2. The molecule has 0 aliphatic carbocycles. The van der Waals surface area contributed by atoms with Gasteiger partial charge in [-0.1, -0.05) is 36.4 Å². The van der Waals surface area contributed by atoms with Crippen molar-refractivity contribution in [1.82, 2.24) is 4.57 Å². The highest BCUT2D eigenvalue weighted by molar-refractivity contribution is 6.01. The minimum absolute atomic E-state index is 0.0726. The second kappa shape index (κ2) is 10.4. The standard InChI is InChI=1S/C24H25FN2O6/c1-15(2)26-21-6-4-3-5-20(21)24(16-7-9-17(25)10-8-16)22(26)12-11-18(28)13-19(29)14-23(30)33-27(31)32/h3-12,15,18-19,28-29H,13-14H2,1-2H3/b12-11+/t18-,19-/m0/s1. The first-order valence-electron chi connectivity index (χ1n) is 10.5. The molecule has 0 saturated carbocycles. The summed E-state index contributed by atoms with van der Waals surface area (Å²) in [7, 11) is 0. The number of rotatable bonds is 9. The lowest BCUT2D eigenvalue weighted by atomic mass is 10.0. The van der Waals surface area contributed by atoms with Crippen LogP contribution in [0.2, 0.25) is 0 Å². The van der Waals surface area contributed by atoms with Gasteiger partial charge >= 0.3 is 11.1 Å². The summed E-state index contributed by atoms with van der Waals surface area (Å²) in [6.07, 6.45) is -0.0448. The summed E-state index contributed by atoms with van der Waals surface area (Å²) in [6.45, 7) is 4.05. The van der Waals surface area contributed by atoms with E-state index in [2.05, 4.69) is 9.40 Å². The molecule has 8 nitrogen and oxygen atoms in total. The Morgan fingerprint density at radius 3 is 2.48 bits per heavy atom. The van der Waals surface area contributed by atoms with Crippen LogP contribution in [0.1, 0.15) is 38.4 Å². The number of benzene rings is 2. The Kier molecular flexibility index (Phi) is 7.57. The average molecular weight is 456 g/mol. The predicted molar refractivity (Wildman–Crippen MR) is 121 cm³/mol. The molecule has 1 heterocycles. The van der Waals surface area contributed by atoms with Crippen molar-refractivity contribution in [2.75, 3.05) is 0 Å². The second-order valence-corrected chi connectivity index (χ2v) is 7.96. The highest BCUT2D eigenvalue weighted by Gasteiger charge is 2.20. The number of hydrogen-bond donors (Lipinski definition) is 2. The summed E-state index contributed by atoms with van der Waals surface area (Å²) in [6, 6.07) is 14.1. The molecular weight excluding hydrogens is 431 g/mol. The van der Waals surface area contributed by atoms with Gasteiger partial charge in [-0.2, -0.15) is 0 Å². The van der Waals surface area contributed by atoms with Crippen LogP contribution in [-0.2, 0) is 9.63 Å². The van der Waals surface area contributed by atoms with E-state index >= 15 is 0 Å². The first-order valence-corrected chi connectivity index (χ1v) is 10.5. The van der Waals surface area contributed by atoms with Crippen molar-refractivity contribution in [2.24, 2.45) is 0 Å². The van der Waals surface area contributed by atoms with Crippen molar-refractivity contribution in [3.8, 4) is 11.1 Å². The summed E-state index contributed by atoms with van der Waals surface area (Å²) in [5.74, 6) is -1.54. The number of nitrogens with zero attached hydrogens (tertiary/aromatic N) is 2. The van der Waals surface area contributed by atoms with E-state index in [1.807, 2.05) is 38.1 Å². The summed E-state index contributed by atoms with van der Waals surface area (Å²) in [4.78, 5) is 25.3. The monoisotopic (exact) mass is 456 g/mol. The van der Waals surface area contributed by atoms with E-state index in [4.69, 9.17) is 0 Å². The molecule has 0 aliphatic heterocycles. The highest BCUT2D eigenvalue weighted by atomic mass is 19.1. The molecule has 2 N–H and O–H groups in total. The fraction of sp³-hybridized carbons (Fsp3) is 0.292. The normalized spacial score (nSPS) is 13.5. The molecule has 0 fully saturated rings. The molecule has 33 heavy (non-hydrogen) atoms. The lowest BCUT2D eigenvalue weighted by Gasteiger charge is -2.15. The number of aromatic nitrogens is 1. The molecule has 0 spiro atoms. The van der Waals surface area contributed by atoms with Crippen LogP contribution < -0.4 is 0 Å². The predicted octanol–water partition coefficient (Wildman–Crippen LogP) is 4.28. The SMILES string of the molecule is CC(C)n1c(/C=C/[C@H](O)C[C@H](O)CC(=O)O[N+](=O)[O-])c(-c2ccc(F)cc2)c2ccccc21. The topological polar surface area (TPSA) is 115 Å². The smallest absolute Gasteiger partial charge is 0.306 e. The Bertz CT molecular complexity index is 1170. The van der Waals surface area contributed by atoms with Gasteiger partial charge in [-0.3, -0.25) is 4.79 Å². The van der Waals surface area contributed by atoms with E-state index in [1.165, 1.54) is 18.2 Å². The van der Waals surface area contributed by atoms with Gasteiger partial charge in [0.1, 0.15) is 5.82 Å². The van der Waals surface area contributed by atoms with E-state index in [1.54, 1.807) is 18.2 Å². The number of carbonyl (C=O) groups excluding carboxylic acids is 1. The van der Waals surface area contributed by atoms with Crippen LogP contribution in [0.5, 0.6) is 0 Å². The lowest BCUT2D eigenvalue weighted by molar-refractivity contribution is -0.729. The maximum Gasteiger partial charge on any atom is 0.306 e. The van der Waals surface area contributed by atoms with Crippen LogP contribution in [-0.4, -0.2) is 38.0 Å². The van der Waals surface area contributed by atoms with E-state index < -0.39 is 29.7 Å². The molecule has 0 unspecified atom stereocenters. The molecule has 3 rings (SSSR count). The Morgan fingerprint density at radius 2 is 1.85 bits per heavy atom. The molecule has 0 radical (unpaired) electrons. The van der Waals surface area contributed by atoms with E-state index in [0.717, 1.165) is 27.7 Å². The highest BCUT2D eigenvalue weighted by Crippen LogP contribution is 2.38. The van der Waals surface area contributed by atoms with Gasteiger partial charge in [0.25, 0.3) is 0 Å². The molecule has 0 saturated heterocycles. The molecular formula is C24H25FN2O6. The minimum atomic E-state index is -1.32. The molecule has 3 aromatic rings. The zero-order chi connectivity index (χ0) is 24.1. The fourth-order valence-corrected chi connectivity index (χ4v) is 3.88. The van der Waals surface area contributed by atoms with Crippen molar-refractivity contribution in [3.05, 3.63) is 76.2 Å². The van der Waals surface area contributed by atoms with Crippen LogP contribution in [0.4, 0.5) is 4.39 Å². The van der Waals surface area contributed by atoms with E-state index in [0.29, 0.717) is 0 Å². The lowest BCUT2D eigenvalue weighted by Crippen LogP contribution is -2.22. The largest absolute Gasteiger partial charge is 0.392 e. The molecule has 174 valence electrons. The van der Waals surface area contributed by atoms with E-state index in [-0.39, 0.29) is 18.3 Å². The van der Waals surface area contributed by atoms with Crippen molar-refractivity contribution in [1.29, 1.82) is 0 Å². The van der Waals surface area contributed by atoms with Crippen LogP contribution >= 0.6 is 0 Å². The van der Waals surface area contributed by atoms with Gasteiger partial charge in [-0.25, -0.2) is 9.23 Å². The first kappa shape index (κ1) is 24.1. The number of para-hydroxylation sites is 1. The maximum atomic E-state index is 13.5. The van der Waals surface area contributed by atoms with Crippen LogP contribution in [0.15, 0.2) is 54.6 Å². The molecule has 9 heteroatoms. The summed E-state index contributed by atoms with van der Waals surface area (Å²) in [5, 5.41) is 30.3.